The van der Waals surface area contributed by atoms with Gasteiger partial charge in [-0.15, -0.1) is 0 Å². The number of phenols is 2. The van der Waals surface area contributed by atoms with Crippen LogP contribution in [0, 0.1) is 0 Å². The molecule has 6 nitrogen and oxygen atoms in total. The molecule has 0 aliphatic rings. The summed E-state index contributed by atoms with van der Waals surface area (Å²) in [4.78, 5) is 22.1. The summed E-state index contributed by atoms with van der Waals surface area (Å²) in [5, 5.41) is 20.6. The van der Waals surface area contributed by atoms with Crippen LogP contribution in [0.25, 0.3) is 0 Å². The van der Waals surface area contributed by atoms with Gasteiger partial charge in [-0.3, -0.25) is 9.59 Å². The summed E-state index contributed by atoms with van der Waals surface area (Å²) < 4.78 is 4.36. The van der Waals surface area contributed by atoms with Crippen molar-refractivity contribution < 1.29 is 24.5 Å². The molecule has 17 heavy (non-hydrogen) atoms. The number of carbonyl (C=O) groups is 2. The van der Waals surface area contributed by atoms with Crippen molar-refractivity contribution in [1.29, 1.82) is 0 Å². The van der Waals surface area contributed by atoms with E-state index in [-0.39, 0.29) is 30.4 Å². The van der Waals surface area contributed by atoms with Crippen LogP contribution < -0.4 is 5.32 Å². The number of rotatable bonds is 4. The molecule has 0 bridgehead atoms. The average Bonchev–Trinajstić information content (AvgIpc) is 2.31. The average molecular weight is 239 g/mol. The Morgan fingerprint density at radius 2 is 2.00 bits per heavy atom. The number of carbonyl (C=O) groups excluding carboxylic acids is 2. The summed E-state index contributed by atoms with van der Waals surface area (Å²) >= 11 is 0. The molecule has 1 aromatic rings. The summed E-state index contributed by atoms with van der Waals surface area (Å²) in [6.07, 6.45) is 0.00480. The van der Waals surface area contributed by atoms with Gasteiger partial charge in [0.1, 0.15) is 6.54 Å². The Hall–Kier alpha value is -2.24. The first-order chi connectivity index (χ1) is 8.02. The lowest BCUT2D eigenvalue weighted by Crippen LogP contribution is -2.31. The largest absolute Gasteiger partial charge is 0.504 e. The summed E-state index contributed by atoms with van der Waals surface area (Å²) in [5.74, 6) is -1.45. The van der Waals surface area contributed by atoms with Gasteiger partial charge in [0.05, 0.1) is 13.5 Å². The fourth-order valence-corrected chi connectivity index (χ4v) is 1.17. The van der Waals surface area contributed by atoms with Crippen LogP contribution in [-0.4, -0.2) is 35.7 Å². The van der Waals surface area contributed by atoms with Gasteiger partial charge in [-0.2, -0.15) is 0 Å². The van der Waals surface area contributed by atoms with Crippen molar-refractivity contribution >= 4 is 11.9 Å². The number of aromatic hydroxyl groups is 2. The lowest BCUT2D eigenvalue weighted by molar-refractivity contribution is -0.141. The Kier molecular flexibility index (Phi) is 4.33. The molecule has 1 rings (SSSR count). The summed E-state index contributed by atoms with van der Waals surface area (Å²) in [6, 6.07) is 4.08. The van der Waals surface area contributed by atoms with Crippen LogP contribution in [0.4, 0.5) is 0 Å². The number of nitrogens with one attached hydrogen (secondary N) is 1. The second-order valence-electron chi connectivity index (χ2n) is 3.35. The van der Waals surface area contributed by atoms with Gasteiger partial charge < -0.3 is 20.3 Å². The lowest BCUT2D eigenvalue weighted by Gasteiger charge is -2.05. The second-order valence-corrected chi connectivity index (χ2v) is 3.35. The topological polar surface area (TPSA) is 95.9 Å². The van der Waals surface area contributed by atoms with Crippen LogP contribution in [0.1, 0.15) is 5.56 Å². The van der Waals surface area contributed by atoms with E-state index in [1.54, 1.807) is 0 Å². The van der Waals surface area contributed by atoms with Gasteiger partial charge in [0.2, 0.25) is 5.91 Å². The number of benzene rings is 1. The maximum atomic E-state index is 11.4. The Morgan fingerprint density at radius 3 is 2.59 bits per heavy atom. The Labute approximate surface area is 97.8 Å². The molecular weight excluding hydrogens is 226 g/mol. The fraction of sp³-hybridized carbons (Fsp3) is 0.273. The predicted molar refractivity (Wildman–Crippen MR) is 58.5 cm³/mol. The SMILES string of the molecule is COC(=O)CNC(=O)Cc1ccc(O)c(O)c1. The third kappa shape index (κ3) is 4.02. The lowest BCUT2D eigenvalue weighted by atomic mass is 10.1. The van der Waals surface area contributed by atoms with Crippen molar-refractivity contribution in [2.45, 2.75) is 6.42 Å². The quantitative estimate of drug-likeness (QED) is 0.505. The normalized spacial score (nSPS) is 9.71. The molecule has 92 valence electrons. The van der Waals surface area contributed by atoms with Gasteiger partial charge in [0.25, 0.3) is 0 Å². The summed E-state index contributed by atoms with van der Waals surface area (Å²) in [6.45, 7) is -0.195. The molecule has 1 aromatic carbocycles. The Bertz CT molecular complexity index is 430. The Morgan fingerprint density at radius 1 is 1.29 bits per heavy atom. The van der Waals surface area contributed by atoms with Crippen LogP contribution in [0.3, 0.4) is 0 Å². The number of amides is 1. The molecule has 0 unspecified atom stereocenters. The smallest absolute Gasteiger partial charge is 0.325 e. The van der Waals surface area contributed by atoms with Crippen LogP contribution in [0.15, 0.2) is 18.2 Å². The first-order valence-electron chi connectivity index (χ1n) is 4.87. The molecule has 6 heteroatoms. The van der Waals surface area contributed by atoms with Gasteiger partial charge in [-0.1, -0.05) is 6.07 Å². The monoisotopic (exact) mass is 239 g/mol. The predicted octanol–water partition coefficient (Wildman–Crippen LogP) is -0.0705. The number of esters is 1. The zero-order valence-corrected chi connectivity index (χ0v) is 9.27. The van der Waals surface area contributed by atoms with Gasteiger partial charge >= 0.3 is 5.97 Å². The molecule has 0 heterocycles. The molecule has 0 saturated heterocycles. The van der Waals surface area contributed by atoms with E-state index in [0.717, 1.165) is 0 Å². The molecule has 0 saturated carbocycles. The van der Waals surface area contributed by atoms with Crippen molar-refractivity contribution in [3.05, 3.63) is 23.8 Å². The van der Waals surface area contributed by atoms with Crippen LogP contribution in [0.5, 0.6) is 11.5 Å². The van der Waals surface area contributed by atoms with Crippen LogP contribution in [-0.2, 0) is 20.7 Å². The maximum absolute atomic E-state index is 11.4. The molecule has 0 aliphatic carbocycles. The van der Waals surface area contributed by atoms with Gasteiger partial charge in [-0.05, 0) is 17.7 Å². The highest BCUT2D eigenvalue weighted by Crippen LogP contribution is 2.24. The van der Waals surface area contributed by atoms with E-state index in [1.807, 2.05) is 0 Å². The van der Waals surface area contributed by atoms with Gasteiger partial charge in [0.15, 0.2) is 11.5 Å². The number of methoxy groups -OCH3 is 1. The van der Waals surface area contributed by atoms with Crippen molar-refractivity contribution in [1.82, 2.24) is 5.32 Å². The van der Waals surface area contributed by atoms with E-state index in [2.05, 4.69) is 10.1 Å². The third-order valence-corrected chi connectivity index (χ3v) is 2.06. The highest BCUT2D eigenvalue weighted by Gasteiger charge is 2.08. The van der Waals surface area contributed by atoms with Gasteiger partial charge in [0, 0.05) is 0 Å². The van der Waals surface area contributed by atoms with Gasteiger partial charge in [-0.25, -0.2) is 0 Å². The van der Waals surface area contributed by atoms with Crippen molar-refractivity contribution in [2.24, 2.45) is 0 Å². The summed E-state index contributed by atoms with van der Waals surface area (Å²) in [7, 11) is 1.23. The van der Waals surface area contributed by atoms with E-state index < -0.39 is 5.97 Å². The molecule has 3 N–H and O–H groups in total. The summed E-state index contributed by atoms with van der Waals surface area (Å²) in [5.41, 5.74) is 0.530. The van der Waals surface area contributed by atoms with E-state index in [4.69, 9.17) is 5.11 Å². The first kappa shape index (κ1) is 12.8. The van der Waals surface area contributed by atoms with E-state index in [1.165, 1.54) is 25.3 Å². The van der Waals surface area contributed by atoms with E-state index in [9.17, 15) is 14.7 Å². The molecule has 0 radical (unpaired) electrons. The Balaban J connectivity index is 2.50. The number of hydrogen-bond acceptors (Lipinski definition) is 5. The number of hydrogen-bond donors (Lipinski definition) is 3. The maximum Gasteiger partial charge on any atom is 0.325 e. The van der Waals surface area contributed by atoms with E-state index >= 15 is 0 Å². The molecule has 0 atom stereocenters. The zero-order chi connectivity index (χ0) is 12.8. The van der Waals surface area contributed by atoms with Crippen molar-refractivity contribution in [3.8, 4) is 11.5 Å². The van der Waals surface area contributed by atoms with Crippen LogP contribution >= 0.6 is 0 Å². The van der Waals surface area contributed by atoms with Crippen molar-refractivity contribution in [2.75, 3.05) is 13.7 Å². The minimum absolute atomic E-state index is 0.00480. The van der Waals surface area contributed by atoms with Crippen LogP contribution in [0.2, 0.25) is 0 Å². The first-order valence-corrected chi connectivity index (χ1v) is 4.87. The zero-order valence-electron chi connectivity index (χ0n) is 9.27. The molecule has 0 aromatic heterocycles. The molecule has 1 amide bonds. The number of ether oxygens (including phenoxy) is 1. The third-order valence-electron chi connectivity index (χ3n) is 2.06. The molecule has 0 spiro atoms. The molecule has 0 fully saturated rings. The molecular formula is C11H13NO5. The standard InChI is InChI=1S/C11H13NO5/c1-17-11(16)6-12-10(15)5-7-2-3-8(13)9(14)4-7/h2-4,13-14H,5-6H2,1H3,(H,12,15). The highest BCUT2D eigenvalue weighted by atomic mass is 16.5. The fourth-order valence-electron chi connectivity index (χ4n) is 1.17. The number of phenolic OH excluding ortho intramolecular Hbond substituents is 2. The van der Waals surface area contributed by atoms with Crippen molar-refractivity contribution in [3.63, 3.8) is 0 Å². The highest BCUT2D eigenvalue weighted by molar-refractivity contribution is 5.83. The second kappa shape index (κ2) is 5.74. The van der Waals surface area contributed by atoms with E-state index in [0.29, 0.717) is 5.56 Å². The minimum Gasteiger partial charge on any atom is -0.504 e. The minimum atomic E-state index is -0.535. The molecule has 0 aliphatic heterocycles.